The maximum atomic E-state index is 11.2. The van der Waals surface area contributed by atoms with Crippen LogP contribution in [-0.4, -0.2) is 45.4 Å². The first-order valence-electron chi connectivity index (χ1n) is 4.51. The smallest absolute Gasteiger partial charge is 0.438 e. The van der Waals surface area contributed by atoms with Crippen molar-refractivity contribution in [2.45, 2.75) is 19.7 Å². The van der Waals surface area contributed by atoms with Crippen LogP contribution in [-0.2, 0) is 18.9 Å². The zero-order valence-electron chi connectivity index (χ0n) is 9.83. The standard InChI is InChI=1S/C4H5F3O3.C4H6F2O3/c1-9-3(8)10-2-4(5,6)7;1-2-8-4(7)9-3(5)6/h2H2,1H3;3H,2H2,1H3. The highest BCUT2D eigenvalue weighted by Crippen LogP contribution is 2.14. The first-order chi connectivity index (χ1) is 8.62. The van der Waals surface area contributed by atoms with E-state index in [1.54, 1.807) is 0 Å². The molecule has 0 fully saturated rings. The van der Waals surface area contributed by atoms with E-state index in [1.165, 1.54) is 6.92 Å². The van der Waals surface area contributed by atoms with Crippen molar-refractivity contribution in [3.63, 3.8) is 0 Å². The fourth-order valence-corrected chi connectivity index (χ4v) is 0.424. The van der Waals surface area contributed by atoms with Crippen LogP contribution >= 0.6 is 0 Å². The Bertz CT molecular complexity index is 267. The van der Waals surface area contributed by atoms with E-state index in [0.717, 1.165) is 7.11 Å². The lowest BCUT2D eigenvalue weighted by molar-refractivity contribution is -0.164. The molecule has 19 heavy (non-hydrogen) atoms. The molecule has 0 aliphatic carbocycles. The number of methoxy groups -OCH3 is 1. The summed E-state index contributed by atoms with van der Waals surface area (Å²) in [6.45, 7) is -3.18. The lowest BCUT2D eigenvalue weighted by Crippen LogP contribution is -2.20. The van der Waals surface area contributed by atoms with Gasteiger partial charge in [-0.15, -0.1) is 0 Å². The van der Waals surface area contributed by atoms with Crippen molar-refractivity contribution in [2.75, 3.05) is 20.3 Å². The number of carbonyl (C=O) groups excluding carboxylic acids is 2. The van der Waals surface area contributed by atoms with Gasteiger partial charge in [-0.2, -0.15) is 22.0 Å². The normalized spacial score (nSPS) is 10.1. The Kier molecular flexibility index (Phi) is 10.4. The van der Waals surface area contributed by atoms with Gasteiger partial charge in [0, 0.05) is 0 Å². The van der Waals surface area contributed by atoms with Gasteiger partial charge in [-0.05, 0) is 6.92 Å². The molecular weight excluding hydrogens is 287 g/mol. The predicted molar refractivity (Wildman–Crippen MR) is 48.5 cm³/mol. The molecule has 0 saturated carbocycles. The second kappa shape index (κ2) is 10.1. The molecule has 0 rings (SSSR count). The van der Waals surface area contributed by atoms with Crippen LogP contribution in [0.3, 0.4) is 0 Å². The fraction of sp³-hybridized carbons (Fsp3) is 0.750. The summed E-state index contributed by atoms with van der Waals surface area (Å²) in [6.07, 6.45) is -7.17. The van der Waals surface area contributed by atoms with Crippen LogP contribution in [0.15, 0.2) is 0 Å². The zero-order chi connectivity index (χ0) is 15.5. The third-order valence-electron chi connectivity index (χ3n) is 0.968. The molecule has 0 unspecified atom stereocenters. The van der Waals surface area contributed by atoms with Crippen molar-refractivity contribution >= 4 is 12.3 Å². The summed E-state index contributed by atoms with van der Waals surface area (Å²) >= 11 is 0. The largest absolute Gasteiger partial charge is 0.512 e. The highest BCUT2D eigenvalue weighted by atomic mass is 19.4. The molecule has 114 valence electrons. The maximum absolute atomic E-state index is 11.2. The van der Waals surface area contributed by atoms with Gasteiger partial charge in [-0.3, -0.25) is 0 Å². The van der Waals surface area contributed by atoms with Crippen molar-refractivity contribution < 1.29 is 50.5 Å². The van der Waals surface area contributed by atoms with Crippen LogP contribution in [0.2, 0.25) is 0 Å². The SMILES string of the molecule is CCOC(=O)OC(F)F.COC(=O)OCC(F)(F)F. The summed E-state index contributed by atoms with van der Waals surface area (Å²) < 4.78 is 70.5. The average molecular weight is 298 g/mol. The third kappa shape index (κ3) is 18.7. The number of carbonyl (C=O) groups is 2. The summed E-state index contributed by atoms with van der Waals surface area (Å²) in [7, 11) is 0.929. The predicted octanol–water partition coefficient (Wildman–Crippen LogP) is 2.71. The van der Waals surface area contributed by atoms with Gasteiger partial charge in [-0.25, -0.2) is 9.59 Å². The number of halogens is 5. The van der Waals surface area contributed by atoms with Gasteiger partial charge in [0.15, 0.2) is 6.61 Å². The van der Waals surface area contributed by atoms with Crippen LogP contribution in [0.4, 0.5) is 31.5 Å². The van der Waals surface area contributed by atoms with E-state index in [0.29, 0.717) is 0 Å². The summed E-state index contributed by atoms with van der Waals surface area (Å²) in [6, 6.07) is 0. The van der Waals surface area contributed by atoms with Crippen molar-refractivity contribution in [1.29, 1.82) is 0 Å². The fourth-order valence-electron chi connectivity index (χ4n) is 0.424. The molecule has 0 atom stereocenters. The van der Waals surface area contributed by atoms with E-state index in [1.807, 2.05) is 0 Å². The summed E-state index contributed by atoms with van der Waals surface area (Å²) in [5.41, 5.74) is 0. The summed E-state index contributed by atoms with van der Waals surface area (Å²) in [5.74, 6) is 0. The molecule has 0 bridgehead atoms. The minimum absolute atomic E-state index is 0.0333. The molecule has 6 nitrogen and oxygen atoms in total. The highest BCUT2D eigenvalue weighted by molar-refractivity contribution is 5.59. The molecule has 0 saturated heterocycles. The maximum Gasteiger partial charge on any atom is 0.512 e. The van der Waals surface area contributed by atoms with Crippen LogP contribution in [0.25, 0.3) is 0 Å². The van der Waals surface area contributed by atoms with E-state index in [-0.39, 0.29) is 6.61 Å². The van der Waals surface area contributed by atoms with Gasteiger partial charge in [0.25, 0.3) is 0 Å². The third-order valence-corrected chi connectivity index (χ3v) is 0.968. The highest BCUT2D eigenvalue weighted by Gasteiger charge is 2.29. The minimum atomic E-state index is -4.49. The molecule has 0 aromatic carbocycles. The van der Waals surface area contributed by atoms with Gasteiger partial charge < -0.3 is 18.9 Å². The van der Waals surface area contributed by atoms with Crippen molar-refractivity contribution in [2.24, 2.45) is 0 Å². The van der Waals surface area contributed by atoms with Gasteiger partial charge in [0.1, 0.15) is 0 Å². The van der Waals surface area contributed by atoms with E-state index >= 15 is 0 Å². The second-order valence-electron chi connectivity index (χ2n) is 2.42. The molecule has 11 heteroatoms. The number of alkyl halides is 5. The molecule has 0 aromatic rings. The molecule has 0 heterocycles. The molecule has 0 aliphatic heterocycles. The average Bonchev–Trinajstić information content (AvgIpc) is 2.25. The van der Waals surface area contributed by atoms with Crippen LogP contribution < -0.4 is 0 Å². The Labute approximate surface area is 104 Å². The minimum Gasteiger partial charge on any atom is -0.438 e. The molecule has 0 radical (unpaired) electrons. The topological polar surface area (TPSA) is 71.1 Å². The van der Waals surface area contributed by atoms with Crippen LogP contribution in [0.5, 0.6) is 0 Å². The second-order valence-corrected chi connectivity index (χ2v) is 2.42. The number of hydrogen-bond acceptors (Lipinski definition) is 6. The van der Waals surface area contributed by atoms with Gasteiger partial charge >= 0.3 is 25.1 Å². The van der Waals surface area contributed by atoms with E-state index in [9.17, 15) is 31.5 Å². The molecule has 0 aromatic heterocycles. The van der Waals surface area contributed by atoms with Crippen molar-refractivity contribution in [1.82, 2.24) is 0 Å². The van der Waals surface area contributed by atoms with Gasteiger partial charge in [-0.1, -0.05) is 0 Å². The van der Waals surface area contributed by atoms with E-state index in [2.05, 4.69) is 18.9 Å². The van der Waals surface area contributed by atoms with E-state index < -0.39 is 31.7 Å². The zero-order valence-corrected chi connectivity index (χ0v) is 9.83. The quantitative estimate of drug-likeness (QED) is 0.589. The molecular formula is C8H11F5O6. The molecule has 0 N–H and O–H groups in total. The molecule has 0 amide bonds. The van der Waals surface area contributed by atoms with Crippen molar-refractivity contribution in [3.05, 3.63) is 0 Å². The number of rotatable bonds is 3. The van der Waals surface area contributed by atoms with Crippen molar-refractivity contribution in [3.8, 4) is 0 Å². The number of hydrogen-bond donors (Lipinski definition) is 0. The van der Waals surface area contributed by atoms with Crippen LogP contribution in [0.1, 0.15) is 6.92 Å². The summed E-state index contributed by atoms with van der Waals surface area (Å²) in [5, 5.41) is 0. The summed E-state index contributed by atoms with van der Waals surface area (Å²) in [4.78, 5) is 19.8. The molecule has 0 aliphatic rings. The Balaban J connectivity index is 0. The molecule has 0 spiro atoms. The van der Waals surface area contributed by atoms with Crippen LogP contribution in [0, 0.1) is 0 Å². The Morgan fingerprint density at radius 3 is 1.95 bits per heavy atom. The lowest BCUT2D eigenvalue weighted by Gasteiger charge is -2.05. The van der Waals surface area contributed by atoms with Gasteiger partial charge in [0.05, 0.1) is 13.7 Å². The Morgan fingerprint density at radius 1 is 1.11 bits per heavy atom. The first-order valence-corrected chi connectivity index (χ1v) is 4.51. The Morgan fingerprint density at radius 2 is 1.63 bits per heavy atom. The number of ether oxygens (including phenoxy) is 4. The van der Waals surface area contributed by atoms with E-state index in [4.69, 9.17) is 0 Å². The first kappa shape index (κ1) is 19.5. The monoisotopic (exact) mass is 298 g/mol. The Hall–Kier alpha value is -1.81. The van der Waals surface area contributed by atoms with Gasteiger partial charge in [0.2, 0.25) is 0 Å². The lowest BCUT2D eigenvalue weighted by atomic mass is 10.7.